The van der Waals surface area contributed by atoms with Gasteiger partial charge in [-0.3, -0.25) is 4.79 Å². The zero-order valence-corrected chi connectivity index (χ0v) is 24.2. The lowest BCUT2D eigenvalue weighted by molar-refractivity contribution is -0.0503. The molecule has 210 valence electrons. The minimum absolute atomic E-state index is 0.0365. The Kier molecular flexibility index (Phi) is 8.31. The van der Waals surface area contributed by atoms with Gasteiger partial charge in [-0.05, 0) is 132 Å². The number of nitrogens with one attached hydrogen (secondary N) is 3. The first-order chi connectivity index (χ1) is 18.1. The van der Waals surface area contributed by atoms with Crippen LogP contribution in [0.4, 0.5) is 4.79 Å². The quantitative estimate of drug-likeness (QED) is 0.351. The van der Waals surface area contributed by atoms with Gasteiger partial charge < -0.3 is 20.7 Å². The van der Waals surface area contributed by atoms with E-state index in [4.69, 9.17) is 16.3 Å². The highest BCUT2D eigenvalue weighted by atomic mass is 35.5. The van der Waals surface area contributed by atoms with E-state index in [0.29, 0.717) is 34.5 Å². The average molecular weight is 544 g/mol. The van der Waals surface area contributed by atoms with E-state index in [0.717, 1.165) is 62.1 Å². The van der Waals surface area contributed by atoms with E-state index in [1.54, 1.807) is 0 Å². The molecule has 0 aromatic heterocycles. The van der Waals surface area contributed by atoms with Gasteiger partial charge in [-0.15, -0.1) is 0 Å². The molecule has 7 heteroatoms. The van der Waals surface area contributed by atoms with E-state index in [2.05, 4.69) is 16.0 Å². The van der Waals surface area contributed by atoms with E-state index in [9.17, 15) is 9.59 Å². The summed E-state index contributed by atoms with van der Waals surface area (Å²) in [6, 6.07) is 6.27. The van der Waals surface area contributed by atoms with E-state index >= 15 is 0 Å². The van der Waals surface area contributed by atoms with Crippen molar-refractivity contribution in [1.82, 2.24) is 16.0 Å². The number of ether oxygens (including phenoxy) is 1. The summed E-state index contributed by atoms with van der Waals surface area (Å²) in [4.78, 5) is 25.1. The lowest BCUT2D eigenvalue weighted by atomic mass is 9.49. The molecule has 4 bridgehead atoms. The Balaban J connectivity index is 1.06. The summed E-state index contributed by atoms with van der Waals surface area (Å²) in [5, 5.41) is 10.4. The molecule has 0 spiro atoms. The van der Waals surface area contributed by atoms with Gasteiger partial charge in [0.1, 0.15) is 5.60 Å². The minimum Gasteiger partial charge on any atom is -0.444 e. The molecule has 2 amide bonds. The van der Waals surface area contributed by atoms with Crippen LogP contribution in [0.2, 0.25) is 5.02 Å². The highest BCUT2D eigenvalue weighted by Crippen LogP contribution is 2.59. The van der Waals surface area contributed by atoms with Gasteiger partial charge in [-0.1, -0.05) is 17.7 Å². The Morgan fingerprint density at radius 2 is 1.61 bits per heavy atom. The second-order valence-electron chi connectivity index (χ2n) is 13.9. The Hall–Kier alpha value is -1.79. The van der Waals surface area contributed by atoms with Gasteiger partial charge in [0.25, 0.3) is 5.91 Å². The number of amides is 2. The number of hydrogen-bond acceptors (Lipinski definition) is 4. The third-order valence-electron chi connectivity index (χ3n) is 9.44. The molecule has 0 atom stereocenters. The highest BCUT2D eigenvalue weighted by Gasteiger charge is 2.50. The van der Waals surface area contributed by atoms with Crippen molar-refractivity contribution in [2.24, 2.45) is 29.1 Å². The first kappa shape index (κ1) is 27.8. The standard InChI is InChI=1S/C31H46ClN3O3/c1-30(2,3)38-29(37)34-17-20-4-7-25(8-5-20)33-18-21-6-9-27(32)26(13-21)28(36)35-19-31-14-22-10-23(15-31)12-24(11-22)16-31/h6,9,13,20,22-25,33H,4-5,7-8,10-12,14-19H2,1-3H3,(H,34,37)(H,35,36). The number of halogens is 1. The molecular formula is C31H46ClN3O3. The largest absolute Gasteiger partial charge is 0.444 e. The van der Waals surface area contributed by atoms with Crippen molar-refractivity contribution in [2.45, 2.75) is 103 Å². The fourth-order valence-electron chi connectivity index (χ4n) is 8.10. The molecule has 1 aromatic rings. The van der Waals surface area contributed by atoms with Crippen LogP contribution in [0, 0.1) is 29.1 Å². The average Bonchev–Trinajstić information content (AvgIpc) is 2.84. The van der Waals surface area contributed by atoms with Crippen molar-refractivity contribution in [3.63, 3.8) is 0 Å². The van der Waals surface area contributed by atoms with Gasteiger partial charge in [0.2, 0.25) is 0 Å². The molecule has 5 aliphatic rings. The first-order valence-electron chi connectivity index (χ1n) is 14.8. The summed E-state index contributed by atoms with van der Waals surface area (Å²) in [6.45, 7) is 7.81. The minimum atomic E-state index is -0.470. The van der Waals surface area contributed by atoms with Crippen LogP contribution in [-0.2, 0) is 11.3 Å². The van der Waals surface area contributed by atoms with Gasteiger partial charge in [0, 0.05) is 25.7 Å². The van der Waals surface area contributed by atoms with Crippen LogP contribution >= 0.6 is 11.6 Å². The molecule has 0 heterocycles. The van der Waals surface area contributed by atoms with E-state index in [1.807, 2.05) is 39.0 Å². The smallest absolute Gasteiger partial charge is 0.407 e. The SMILES string of the molecule is CC(C)(C)OC(=O)NCC1CCC(NCc2ccc(Cl)c(C(=O)NCC34CC5CC(CC(C5)C3)C4)c2)CC1. The monoisotopic (exact) mass is 543 g/mol. The molecule has 0 radical (unpaired) electrons. The normalized spacial score (nSPS) is 32.2. The Labute approximate surface area is 233 Å². The molecule has 1 aromatic carbocycles. The van der Waals surface area contributed by atoms with Crippen molar-refractivity contribution in [3.8, 4) is 0 Å². The second-order valence-corrected chi connectivity index (χ2v) is 14.3. The first-order valence-corrected chi connectivity index (χ1v) is 15.2. The van der Waals surface area contributed by atoms with Crippen LogP contribution in [0.25, 0.3) is 0 Å². The van der Waals surface area contributed by atoms with Gasteiger partial charge in [0.05, 0.1) is 10.6 Å². The third-order valence-corrected chi connectivity index (χ3v) is 9.77. The van der Waals surface area contributed by atoms with E-state index in [1.165, 1.54) is 38.5 Å². The fourth-order valence-corrected chi connectivity index (χ4v) is 8.30. The van der Waals surface area contributed by atoms with E-state index in [-0.39, 0.29) is 12.0 Å². The van der Waals surface area contributed by atoms with Crippen LogP contribution in [0.15, 0.2) is 18.2 Å². The molecule has 5 saturated carbocycles. The zero-order chi connectivity index (χ0) is 26.9. The van der Waals surface area contributed by atoms with Crippen LogP contribution in [0.3, 0.4) is 0 Å². The zero-order valence-electron chi connectivity index (χ0n) is 23.4. The Morgan fingerprint density at radius 3 is 2.21 bits per heavy atom. The molecule has 5 fully saturated rings. The molecular weight excluding hydrogens is 498 g/mol. The lowest BCUT2D eigenvalue weighted by Gasteiger charge is -2.56. The topological polar surface area (TPSA) is 79.5 Å². The van der Waals surface area contributed by atoms with Gasteiger partial charge in [-0.25, -0.2) is 4.79 Å². The maximum Gasteiger partial charge on any atom is 0.407 e. The van der Waals surface area contributed by atoms with Crippen LogP contribution in [0.1, 0.15) is 101 Å². The van der Waals surface area contributed by atoms with Crippen molar-refractivity contribution in [1.29, 1.82) is 0 Å². The Bertz CT molecular complexity index is 977. The van der Waals surface area contributed by atoms with Crippen molar-refractivity contribution >= 4 is 23.6 Å². The van der Waals surface area contributed by atoms with E-state index < -0.39 is 5.60 Å². The molecule has 0 saturated heterocycles. The predicted molar refractivity (Wildman–Crippen MR) is 151 cm³/mol. The second kappa shape index (κ2) is 11.4. The fraction of sp³-hybridized carbons (Fsp3) is 0.742. The molecule has 0 unspecified atom stereocenters. The van der Waals surface area contributed by atoms with Crippen LogP contribution < -0.4 is 16.0 Å². The number of rotatable bonds is 8. The highest BCUT2D eigenvalue weighted by molar-refractivity contribution is 6.33. The number of carbonyl (C=O) groups is 2. The summed E-state index contributed by atoms with van der Waals surface area (Å²) in [5.41, 5.74) is 1.52. The third kappa shape index (κ3) is 7.04. The van der Waals surface area contributed by atoms with Gasteiger partial charge in [0.15, 0.2) is 0 Å². The van der Waals surface area contributed by atoms with Crippen LogP contribution in [0.5, 0.6) is 0 Å². The maximum atomic E-state index is 13.2. The van der Waals surface area contributed by atoms with Crippen molar-refractivity contribution in [3.05, 3.63) is 34.3 Å². The van der Waals surface area contributed by atoms with Crippen LogP contribution in [-0.4, -0.2) is 36.7 Å². The lowest BCUT2D eigenvalue weighted by Crippen LogP contribution is -2.51. The number of hydrogen-bond donors (Lipinski definition) is 3. The maximum absolute atomic E-state index is 13.2. The number of carbonyl (C=O) groups excluding carboxylic acids is 2. The molecule has 38 heavy (non-hydrogen) atoms. The summed E-state index contributed by atoms with van der Waals surface area (Å²) in [7, 11) is 0. The summed E-state index contributed by atoms with van der Waals surface area (Å²) < 4.78 is 5.34. The predicted octanol–water partition coefficient (Wildman–Crippen LogP) is 6.46. The number of benzene rings is 1. The molecule has 0 aliphatic heterocycles. The Morgan fingerprint density at radius 1 is 0.974 bits per heavy atom. The molecule has 6 rings (SSSR count). The molecule has 3 N–H and O–H groups in total. The molecule has 6 nitrogen and oxygen atoms in total. The van der Waals surface area contributed by atoms with Gasteiger partial charge >= 0.3 is 6.09 Å². The number of alkyl carbamates (subject to hydrolysis) is 1. The summed E-state index contributed by atoms with van der Waals surface area (Å²) in [6.07, 6.45) is 12.1. The summed E-state index contributed by atoms with van der Waals surface area (Å²) in [5.74, 6) is 3.10. The van der Waals surface area contributed by atoms with Crippen molar-refractivity contribution in [2.75, 3.05) is 13.1 Å². The van der Waals surface area contributed by atoms with Crippen molar-refractivity contribution < 1.29 is 14.3 Å². The van der Waals surface area contributed by atoms with Gasteiger partial charge in [-0.2, -0.15) is 0 Å². The molecule has 5 aliphatic carbocycles. The summed E-state index contributed by atoms with van der Waals surface area (Å²) >= 11 is 6.48.